The average molecular weight is 352 g/mol. The number of carbonyl (C=O) groups is 3. The zero-order chi connectivity index (χ0) is 18.1. The van der Waals surface area contributed by atoms with E-state index in [-0.39, 0.29) is 24.4 Å². The van der Waals surface area contributed by atoms with Crippen molar-refractivity contribution in [3.63, 3.8) is 0 Å². The fourth-order valence-electron chi connectivity index (χ4n) is 2.50. The van der Waals surface area contributed by atoms with E-state index in [0.29, 0.717) is 10.6 Å². The summed E-state index contributed by atoms with van der Waals surface area (Å²) in [6.45, 7) is 7.10. The normalized spacial score (nSPS) is 21.8. The van der Waals surface area contributed by atoms with Gasteiger partial charge in [-0.25, -0.2) is 4.79 Å². The largest absolute Gasteiger partial charge is 0.352 e. The van der Waals surface area contributed by atoms with Crippen LogP contribution in [0.1, 0.15) is 33.3 Å². The van der Waals surface area contributed by atoms with Crippen LogP contribution in [-0.2, 0) is 15.1 Å². The number of hydrogen-bond donors (Lipinski definition) is 2. The lowest BCUT2D eigenvalue weighted by molar-refractivity contribution is -0.135. The maximum absolute atomic E-state index is 12.7. The van der Waals surface area contributed by atoms with Crippen LogP contribution in [0.2, 0.25) is 5.02 Å². The van der Waals surface area contributed by atoms with E-state index < -0.39 is 17.5 Å². The van der Waals surface area contributed by atoms with E-state index in [4.69, 9.17) is 11.6 Å². The van der Waals surface area contributed by atoms with Gasteiger partial charge in [0.2, 0.25) is 5.91 Å². The van der Waals surface area contributed by atoms with E-state index in [2.05, 4.69) is 10.6 Å². The fraction of sp³-hybridized carbons (Fsp3) is 0.471. The van der Waals surface area contributed by atoms with Crippen molar-refractivity contribution in [3.8, 4) is 0 Å². The van der Waals surface area contributed by atoms with E-state index >= 15 is 0 Å². The van der Waals surface area contributed by atoms with Crippen LogP contribution >= 0.6 is 11.6 Å². The van der Waals surface area contributed by atoms with Gasteiger partial charge in [-0.3, -0.25) is 14.5 Å². The predicted molar refractivity (Wildman–Crippen MR) is 91.5 cm³/mol. The van der Waals surface area contributed by atoms with Gasteiger partial charge in [-0.15, -0.1) is 0 Å². The molecular formula is C17H22ClN3O3. The van der Waals surface area contributed by atoms with Gasteiger partial charge in [0.15, 0.2) is 0 Å². The molecule has 0 bridgehead atoms. The minimum Gasteiger partial charge on any atom is -0.352 e. The SMILES string of the molecule is CC(C)[C@H](C)NC(=O)CN1C(=O)N[C@](C)(c2ccccc2Cl)C1=O. The van der Waals surface area contributed by atoms with Gasteiger partial charge in [0.1, 0.15) is 12.1 Å². The second kappa shape index (κ2) is 6.81. The third kappa shape index (κ3) is 3.38. The first-order valence-electron chi connectivity index (χ1n) is 7.85. The summed E-state index contributed by atoms with van der Waals surface area (Å²) in [4.78, 5) is 38.0. The Morgan fingerprint density at radius 3 is 2.50 bits per heavy atom. The average Bonchev–Trinajstić information content (AvgIpc) is 2.71. The molecule has 0 unspecified atom stereocenters. The van der Waals surface area contributed by atoms with Crippen molar-refractivity contribution in [2.75, 3.05) is 6.54 Å². The van der Waals surface area contributed by atoms with Gasteiger partial charge in [-0.1, -0.05) is 43.6 Å². The van der Waals surface area contributed by atoms with Crippen LogP contribution in [0.5, 0.6) is 0 Å². The molecule has 0 aromatic heterocycles. The van der Waals surface area contributed by atoms with Crippen molar-refractivity contribution < 1.29 is 14.4 Å². The van der Waals surface area contributed by atoms with Crippen LogP contribution in [-0.4, -0.2) is 35.3 Å². The van der Waals surface area contributed by atoms with Gasteiger partial charge in [0.25, 0.3) is 5.91 Å². The third-order valence-corrected chi connectivity index (χ3v) is 4.71. The molecule has 0 aliphatic carbocycles. The van der Waals surface area contributed by atoms with Crippen LogP contribution in [0.25, 0.3) is 0 Å². The number of rotatable bonds is 5. The molecule has 0 radical (unpaired) electrons. The molecule has 1 aromatic carbocycles. The molecule has 2 rings (SSSR count). The molecule has 2 atom stereocenters. The number of nitrogens with one attached hydrogen (secondary N) is 2. The van der Waals surface area contributed by atoms with Crippen LogP contribution < -0.4 is 10.6 Å². The van der Waals surface area contributed by atoms with Gasteiger partial charge in [-0.2, -0.15) is 0 Å². The maximum Gasteiger partial charge on any atom is 0.325 e. The molecule has 1 heterocycles. The van der Waals surface area contributed by atoms with Crippen molar-refractivity contribution in [2.24, 2.45) is 5.92 Å². The van der Waals surface area contributed by atoms with E-state index in [1.54, 1.807) is 31.2 Å². The van der Waals surface area contributed by atoms with Crippen LogP contribution in [0.15, 0.2) is 24.3 Å². The summed E-state index contributed by atoms with van der Waals surface area (Å²) >= 11 is 6.16. The molecule has 0 saturated carbocycles. The lowest BCUT2D eigenvalue weighted by Crippen LogP contribution is -2.46. The Kier molecular flexibility index (Phi) is 5.18. The standard InChI is InChI=1S/C17H22ClN3O3/c1-10(2)11(3)19-14(22)9-21-15(23)17(4,20-16(21)24)12-7-5-6-8-13(12)18/h5-8,10-11H,9H2,1-4H3,(H,19,22)(H,20,24)/t11-,17+/m0/s1. The maximum atomic E-state index is 12.7. The summed E-state index contributed by atoms with van der Waals surface area (Å²) < 4.78 is 0. The fourth-order valence-corrected chi connectivity index (χ4v) is 2.82. The van der Waals surface area contributed by atoms with Gasteiger partial charge >= 0.3 is 6.03 Å². The summed E-state index contributed by atoms with van der Waals surface area (Å²) in [6.07, 6.45) is 0. The van der Waals surface area contributed by atoms with Gasteiger partial charge < -0.3 is 10.6 Å². The number of halogens is 1. The summed E-state index contributed by atoms with van der Waals surface area (Å²) in [5.41, 5.74) is -0.775. The number of carbonyl (C=O) groups excluding carboxylic acids is 3. The molecule has 7 heteroatoms. The monoisotopic (exact) mass is 351 g/mol. The minimum atomic E-state index is -1.28. The van der Waals surface area contributed by atoms with Gasteiger partial charge in [0.05, 0.1) is 0 Å². The highest BCUT2D eigenvalue weighted by molar-refractivity contribution is 6.32. The van der Waals surface area contributed by atoms with Crippen molar-refractivity contribution in [2.45, 2.75) is 39.3 Å². The van der Waals surface area contributed by atoms with Crippen molar-refractivity contribution in [1.82, 2.24) is 15.5 Å². The molecule has 1 fully saturated rings. The molecule has 1 aliphatic heterocycles. The summed E-state index contributed by atoms with van der Waals surface area (Å²) in [5.74, 6) is -0.610. The van der Waals surface area contributed by atoms with E-state index in [9.17, 15) is 14.4 Å². The highest BCUT2D eigenvalue weighted by Gasteiger charge is 2.50. The summed E-state index contributed by atoms with van der Waals surface area (Å²) in [7, 11) is 0. The lowest BCUT2D eigenvalue weighted by Gasteiger charge is -2.23. The quantitative estimate of drug-likeness (QED) is 0.799. The van der Waals surface area contributed by atoms with E-state index in [1.165, 1.54) is 0 Å². The van der Waals surface area contributed by atoms with E-state index in [0.717, 1.165) is 4.90 Å². The van der Waals surface area contributed by atoms with Crippen LogP contribution in [0.4, 0.5) is 4.79 Å². The molecule has 4 amide bonds. The summed E-state index contributed by atoms with van der Waals surface area (Å²) in [6, 6.07) is 6.18. The molecule has 130 valence electrons. The molecule has 6 nitrogen and oxygen atoms in total. The topological polar surface area (TPSA) is 78.5 Å². The highest BCUT2D eigenvalue weighted by Crippen LogP contribution is 2.33. The molecule has 24 heavy (non-hydrogen) atoms. The van der Waals surface area contributed by atoms with Crippen molar-refractivity contribution in [1.29, 1.82) is 0 Å². The highest BCUT2D eigenvalue weighted by atomic mass is 35.5. The first-order valence-corrected chi connectivity index (χ1v) is 8.23. The van der Waals surface area contributed by atoms with Gasteiger partial charge in [0, 0.05) is 16.6 Å². The number of hydrogen-bond acceptors (Lipinski definition) is 3. The van der Waals surface area contributed by atoms with Crippen LogP contribution in [0, 0.1) is 5.92 Å². The van der Waals surface area contributed by atoms with Crippen molar-refractivity contribution in [3.05, 3.63) is 34.9 Å². The number of amides is 4. The number of benzene rings is 1. The second-order valence-corrected chi connectivity index (χ2v) is 6.93. The Bertz CT molecular complexity index is 677. The Balaban J connectivity index is 2.17. The number of imide groups is 1. The predicted octanol–water partition coefficient (Wildman–Crippen LogP) is 2.27. The van der Waals surface area contributed by atoms with Crippen LogP contribution in [0.3, 0.4) is 0 Å². The lowest BCUT2D eigenvalue weighted by atomic mass is 9.92. The molecule has 1 aliphatic rings. The van der Waals surface area contributed by atoms with Gasteiger partial charge in [-0.05, 0) is 25.8 Å². The molecule has 1 saturated heterocycles. The van der Waals surface area contributed by atoms with Crippen molar-refractivity contribution >= 4 is 29.4 Å². The summed E-state index contributed by atoms with van der Waals surface area (Å²) in [5, 5.41) is 5.81. The molecule has 0 spiro atoms. The number of urea groups is 1. The zero-order valence-corrected chi connectivity index (χ0v) is 15.0. The molecule has 1 aromatic rings. The Hall–Kier alpha value is -2.08. The Labute approximate surface area is 146 Å². The Morgan fingerprint density at radius 1 is 1.29 bits per heavy atom. The zero-order valence-electron chi connectivity index (χ0n) is 14.2. The minimum absolute atomic E-state index is 0.0479. The van der Waals surface area contributed by atoms with E-state index in [1.807, 2.05) is 20.8 Å². The third-order valence-electron chi connectivity index (χ3n) is 4.38. The smallest absolute Gasteiger partial charge is 0.325 e. The molecule has 2 N–H and O–H groups in total. The first kappa shape index (κ1) is 18.3. The molecular weight excluding hydrogens is 330 g/mol. The number of nitrogens with zero attached hydrogens (tertiary/aromatic N) is 1. The second-order valence-electron chi connectivity index (χ2n) is 6.53. The Morgan fingerprint density at radius 2 is 1.92 bits per heavy atom. The first-order chi connectivity index (χ1) is 11.2.